The lowest BCUT2D eigenvalue weighted by atomic mass is 10.2. The number of nitrogens with one attached hydrogen (secondary N) is 1. The summed E-state index contributed by atoms with van der Waals surface area (Å²) >= 11 is 1.08. The van der Waals surface area contributed by atoms with E-state index in [1.807, 2.05) is 6.92 Å². The zero-order valence-corrected chi connectivity index (χ0v) is 18.9. The molecule has 30 heavy (non-hydrogen) atoms. The average molecular weight is 450 g/mol. The standard InChI is InChI=1S/C20H23N3O5S2/c1-12-6-9-17(28-4)16(10-12)23(30(5,26)27)13(2)19(24)21-14-7-8-15-18(11-14)29-20(25)22(15)3/h6-11,13H,1-5H3,(H,21,24)/t13-/m0/s1. The van der Waals surface area contributed by atoms with Crippen molar-refractivity contribution < 1.29 is 17.9 Å². The lowest BCUT2D eigenvalue weighted by Crippen LogP contribution is -2.45. The molecule has 0 bridgehead atoms. The van der Waals surface area contributed by atoms with Crippen LogP contribution in [0.3, 0.4) is 0 Å². The molecule has 1 amide bonds. The Kier molecular flexibility index (Phi) is 5.91. The monoisotopic (exact) mass is 449 g/mol. The molecule has 0 fully saturated rings. The van der Waals surface area contributed by atoms with Gasteiger partial charge < -0.3 is 14.6 Å². The molecule has 1 N–H and O–H groups in total. The zero-order chi connectivity index (χ0) is 22.2. The van der Waals surface area contributed by atoms with E-state index < -0.39 is 22.0 Å². The first-order valence-electron chi connectivity index (χ1n) is 9.07. The fraction of sp³-hybridized carbons (Fsp3) is 0.300. The third kappa shape index (κ3) is 4.19. The first kappa shape index (κ1) is 21.8. The van der Waals surface area contributed by atoms with E-state index in [9.17, 15) is 18.0 Å². The number of thiazole rings is 1. The van der Waals surface area contributed by atoms with Crippen molar-refractivity contribution in [1.82, 2.24) is 4.57 Å². The van der Waals surface area contributed by atoms with Gasteiger partial charge in [-0.2, -0.15) is 0 Å². The first-order chi connectivity index (χ1) is 14.0. The van der Waals surface area contributed by atoms with E-state index in [1.54, 1.807) is 43.4 Å². The van der Waals surface area contributed by atoms with Crippen LogP contribution in [-0.4, -0.2) is 38.3 Å². The van der Waals surface area contributed by atoms with Crippen molar-refractivity contribution in [3.05, 3.63) is 51.6 Å². The molecule has 2 aromatic carbocycles. The minimum atomic E-state index is -3.79. The summed E-state index contributed by atoms with van der Waals surface area (Å²) in [4.78, 5) is 24.7. The number of benzene rings is 2. The van der Waals surface area contributed by atoms with Crippen molar-refractivity contribution >= 4 is 48.9 Å². The number of aryl methyl sites for hydroxylation is 2. The lowest BCUT2D eigenvalue weighted by molar-refractivity contribution is -0.116. The number of hydrogen-bond donors (Lipinski definition) is 1. The van der Waals surface area contributed by atoms with Gasteiger partial charge in [-0.25, -0.2) is 8.42 Å². The van der Waals surface area contributed by atoms with Crippen molar-refractivity contribution in [2.24, 2.45) is 7.05 Å². The van der Waals surface area contributed by atoms with Gasteiger partial charge in [0.1, 0.15) is 11.8 Å². The van der Waals surface area contributed by atoms with Gasteiger partial charge in [0.25, 0.3) is 0 Å². The van der Waals surface area contributed by atoms with Crippen LogP contribution in [-0.2, 0) is 21.9 Å². The second-order valence-electron chi connectivity index (χ2n) is 7.01. The van der Waals surface area contributed by atoms with E-state index >= 15 is 0 Å². The van der Waals surface area contributed by atoms with E-state index in [2.05, 4.69) is 5.32 Å². The van der Waals surface area contributed by atoms with Crippen molar-refractivity contribution in [2.75, 3.05) is 23.0 Å². The molecule has 0 unspecified atom stereocenters. The Morgan fingerprint density at radius 3 is 2.57 bits per heavy atom. The topological polar surface area (TPSA) is 97.7 Å². The Hall–Kier alpha value is -2.85. The van der Waals surface area contributed by atoms with E-state index in [0.29, 0.717) is 17.1 Å². The highest BCUT2D eigenvalue weighted by atomic mass is 32.2. The number of carbonyl (C=O) groups excluding carboxylic acids is 1. The minimum absolute atomic E-state index is 0.100. The number of aromatic nitrogens is 1. The van der Waals surface area contributed by atoms with Gasteiger partial charge in [-0.3, -0.25) is 13.9 Å². The van der Waals surface area contributed by atoms with Gasteiger partial charge in [-0.1, -0.05) is 17.4 Å². The molecule has 0 saturated heterocycles. The number of nitrogens with zero attached hydrogens (tertiary/aromatic N) is 2. The number of anilines is 2. The Labute approximate surface area is 178 Å². The molecule has 1 aromatic heterocycles. The molecule has 0 aliphatic rings. The predicted molar refractivity (Wildman–Crippen MR) is 120 cm³/mol. The maximum Gasteiger partial charge on any atom is 0.307 e. The SMILES string of the molecule is COc1ccc(C)cc1N([C@@H](C)C(=O)Nc1ccc2c(c1)sc(=O)n2C)S(C)(=O)=O. The van der Waals surface area contributed by atoms with Crippen molar-refractivity contribution in [2.45, 2.75) is 19.9 Å². The normalized spacial score (nSPS) is 12.6. The van der Waals surface area contributed by atoms with Crippen LogP contribution in [0.25, 0.3) is 10.2 Å². The molecule has 1 atom stereocenters. The molecule has 3 aromatic rings. The molecule has 8 nitrogen and oxygen atoms in total. The van der Waals surface area contributed by atoms with Crippen LogP contribution in [0.15, 0.2) is 41.2 Å². The van der Waals surface area contributed by atoms with Gasteiger partial charge >= 0.3 is 4.87 Å². The maximum atomic E-state index is 12.9. The molecule has 0 aliphatic carbocycles. The number of amides is 1. The Morgan fingerprint density at radius 1 is 1.23 bits per heavy atom. The van der Waals surface area contributed by atoms with Gasteiger partial charge in [0.15, 0.2) is 0 Å². The largest absolute Gasteiger partial charge is 0.495 e. The molecule has 1 heterocycles. The van der Waals surface area contributed by atoms with Gasteiger partial charge in [0.05, 0.1) is 29.3 Å². The summed E-state index contributed by atoms with van der Waals surface area (Å²) in [6, 6.07) is 9.21. The van der Waals surface area contributed by atoms with Gasteiger partial charge in [-0.05, 0) is 49.7 Å². The summed E-state index contributed by atoms with van der Waals surface area (Å²) in [7, 11) is -0.665. The van der Waals surface area contributed by atoms with Crippen LogP contribution >= 0.6 is 11.3 Å². The minimum Gasteiger partial charge on any atom is -0.495 e. The van der Waals surface area contributed by atoms with E-state index in [0.717, 1.165) is 37.7 Å². The van der Waals surface area contributed by atoms with Crippen LogP contribution in [0.2, 0.25) is 0 Å². The maximum absolute atomic E-state index is 12.9. The molecule has 0 spiro atoms. The number of methoxy groups -OCH3 is 1. The van der Waals surface area contributed by atoms with Crippen LogP contribution in [0, 0.1) is 6.92 Å². The smallest absolute Gasteiger partial charge is 0.307 e. The fourth-order valence-corrected chi connectivity index (χ4v) is 5.30. The second-order valence-corrected chi connectivity index (χ2v) is 9.86. The van der Waals surface area contributed by atoms with Crippen LogP contribution in [0.5, 0.6) is 5.75 Å². The van der Waals surface area contributed by atoms with E-state index in [4.69, 9.17) is 4.74 Å². The average Bonchev–Trinajstić information content (AvgIpc) is 2.94. The Balaban J connectivity index is 1.96. The van der Waals surface area contributed by atoms with E-state index in [1.165, 1.54) is 18.6 Å². The second kappa shape index (κ2) is 8.11. The van der Waals surface area contributed by atoms with E-state index in [-0.39, 0.29) is 4.87 Å². The summed E-state index contributed by atoms with van der Waals surface area (Å²) in [5.74, 6) is -0.159. The lowest BCUT2D eigenvalue weighted by Gasteiger charge is -2.29. The summed E-state index contributed by atoms with van der Waals surface area (Å²) in [6.07, 6.45) is 1.05. The Bertz CT molecular complexity index is 1280. The highest BCUT2D eigenvalue weighted by molar-refractivity contribution is 7.92. The molecule has 0 saturated carbocycles. The first-order valence-corrected chi connectivity index (χ1v) is 11.7. The molecule has 0 radical (unpaired) electrons. The van der Waals surface area contributed by atoms with Crippen molar-refractivity contribution in [3.63, 3.8) is 0 Å². The van der Waals surface area contributed by atoms with Gasteiger partial charge in [-0.15, -0.1) is 0 Å². The highest BCUT2D eigenvalue weighted by Gasteiger charge is 2.31. The summed E-state index contributed by atoms with van der Waals surface area (Å²) < 4.78 is 33.8. The molecular weight excluding hydrogens is 426 g/mol. The third-order valence-electron chi connectivity index (χ3n) is 4.72. The number of rotatable bonds is 6. The van der Waals surface area contributed by atoms with Crippen LogP contribution in [0.4, 0.5) is 11.4 Å². The van der Waals surface area contributed by atoms with Crippen LogP contribution < -0.4 is 19.2 Å². The predicted octanol–water partition coefficient (Wildman–Crippen LogP) is 2.71. The van der Waals surface area contributed by atoms with Crippen LogP contribution in [0.1, 0.15) is 12.5 Å². The summed E-state index contributed by atoms with van der Waals surface area (Å²) in [5, 5.41) is 2.75. The number of fused-ring (bicyclic) bond motifs is 1. The third-order valence-corrected chi connectivity index (χ3v) is 6.94. The fourth-order valence-electron chi connectivity index (χ4n) is 3.21. The van der Waals surface area contributed by atoms with Gasteiger partial charge in [0.2, 0.25) is 15.9 Å². The number of ether oxygens (including phenoxy) is 1. The molecule has 10 heteroatoms. The van der Waals surface area contributed by atoms with Crippen molar-refractivity contribution in [1.29, 1.82) is 0 Å². The number of sulfonamides is 1. The molecular formula is C20H23N3O5S2. The highest BCUT2D eigenvalue weighted by Crippen LogP contribution is 2.33. The number of hydrogen-bond acceptors (Lipinski definition) is 6. The summed E-state index contributed by atoms with van der Waals surface area (Å²) in [5.41, 5.74) is 2.36. The number of carbonyl (C=O) groups is 1. The molecule has 0 aliphatic heterocycles. The van der Waals surface area contributed by atoms with Gasteiger partial charge in [0, 0.05) is 12.7 Å². The molecule has 160 valence electrons. The quantitative estimate of drug-likeness (QED) is 0.624. The summed E-state index contributed by atoms with van der Waals surface area (Å²) in [6.45, 7) is 3.34. The Morgan fingerprint density at radius 2 is 1.93 bits per heavy atom. The zero-order valence-electron chi connectivity index (χ0n) is 17.3. The molecule has 3 rings (SSSR count). The van der Waals surface area contributed by atoms with Crippen molar-refractivity contribution in [3.8, 4) is 5.75 Å².